The molecule has 0 spiro atoms. The van der Waals surface area contributed by atoms with Crippen molar-refractivity contribution in [3.63, 3.8) is 0 Å². The first-order valence-corrected chi connectivity index (χ1v) is 6.06. The van der Waals surface area contributed by atoms with E-state index in [9.17, 15) is 0 Å². The first-order chi connectivity index (χ1) is 3.68. The van der Waals surface area contributed by atoms with Gasteiger partial charge in [0.2, 0.25) is 0 Å². The van der Waals surface area contributed by atoms with Gasteiger partial charge in [-0.1, -0.05) is 0 Å². The van der Waals surface area contributed by atoms with Crippen LogP contribution >= 0.6 is 22.9 Å². The van der Waals surface area contributed by atoms with Crippen LogP contribution in [0.2, 0.25) is 0 Å². The average Bonchev–Trinajstić information content (AvgIpc) is 1.67. The van der Waals surface area contributed by atoms with Crippen LogP contribution in [0.4, 0.5) is 0 Å². The van der Waals surface area contributed by atoms with Crippen molar-refractivity contribution < 1.29 is 21.5 Å². The number of rotatable bonds is 3. The Labute approximate surface area is 76.1 Å². The molecule has 0 aromatic carbocycles. The zero-order chi connectivity index (χ0) is 6.57. The SMILES string of the molecule is CC(C)[C@H](C)[I-]NI. The fourth-order valence-electron chi connectivity index (χ4n) is 0.191. The second kappa shape index (κ2) is 5.22. The summed E-state index contributed by atoms with van der Waals surface area (Å²) in [6, 6.07) is 0. The van der Waals surface area contributed by atoms with Crippen molar-refractivity contribution in [1.29, 1.82) is 0 Å². The van der Waals surface area contributed by atoms with Gasteiger partial charge >= 0.3 is 76.7 Å². The Kier molecular flexibility index (Phi) is 6.15. The quantitative estimate of drug-likeness (QED) is 0.394. The van der Waals surface area contributed by atoms with E-state index in [0.717, 1.165) is 9.84 Å². The van der Waals surface area contributed by atoms with E-state index in [0.29, 0.717) is 0 Å². The second-order valence-corrected chi connectivity index (χ2v) is 7.83. The number of halogens is 2. The molecule has 1 N–H and O–H groups in total. The first kappa shape index (κ1) is 9.42. The maximum absolute atomic E-state index is 3.23. The van der Waals surface area contributed by atoms with Gasteiger partial charge in [0.05, 0.1) is 0 Å². The summed E-state index contributed by atoms with van der Waals surface area (Å²) < 4.78 is 4.14. The first-order valence-electron chi connectivity index (χ1n) is 2.66. The maximum atomic E-state index is 3.23. The second-order valence-electron chi connectivity index (χ2n) is 2.10. The molecule has 0 aromatic rings. The molecule has 0 saturated carbocycles. The fourth-order valence-corrected chi connectivity index (χ4v) is 3.77. The molecule has 0 aromatic heterocycles. The Bertz CT molecular complexity index is 56.4. The van der Waals surface area contributed by atoms with Gasteiger partial charge in [-0.15, -0.1) is 0 Å². The van der Waals surface area contributed by atoms with E-state index in [2.05, 4.69) is 45.4 Å². The van der Waals surface area contributed by atoms with Gasteiger partial charge < -0.3 is 0 Å². The van der Waals surface area contributed by atoms with Gasteiger partial charge in [0, 0.05) is 0 Å². The molecular formula is C5H12I2N-. The zero-order valence-corrected chi connectivity index (χ0v) is 9.73. The predicted molar refractivity (Wildman–Crippen MR) is 41.5 cm³/mol. The van der Waals surface area contributed by atoms with Crippen LogP contribution in [0.3, 0.4) is 0 Å². The van der Waals surface area contributed by atoms with Gasteiger partial charge in [-0.25, -0.2) is 0 Å². The Balaban J connectivity index is 3.17. The summed E-state index contributed by atoms with van der Waals surface area (Å²) >= 11 is 2.50. The van der Waals surface area contributed by atoms with Crippen LogP contribution in [-0.4, -0.2) is 3.92 Å². The van der Waals surface area contributed by atoms with Crippen LogP contribution in [0, 0.1) is 5.92 Å². The van der Waals surface area contributed by atoms with Crippen LogP contribution in [0.1, 0.15) is 20.8 Å². The predicted octanol–water partition coefficient (Wildman–Crippen LogP) is -1.03. The molecule has 0 bridgehead atoms. The standard InChI is InChI=1S/C5H12I2N/c1-4(2)5(3)7-8-6/h4-5,8H,1-3H3/q-1/t5-/m0/s1. The summed E-state index contributed by atoms with van der Waals surface area (Å²) in [5.41, 5.74) is 0. The van der Waals surface area contributed by atoms with Crippen molar-refractivity contribution >= 4 is 22.9 Å². The third-order valence-electron chi connectivity index (χ3n) is 1.13. The van der Waals surface area contributed by atoms with E-state index in [1.165, 1.54) is 0 Å². The molecule has 0 aliphatic rings. The van der Waals surface area contributed by atoms with Gasteiger partial charge in [-0.05, 0) is 0 Å². The Morgan fingerprint density at radius 2 is 1.88 bits per heavy atom. The molecule has 0 heterocycles. The van der Waals surface area contributed by atoms with Crippen LogP contribution < -0.4 is 23.2 Å². The van der Waals surface area contributed by atoms with Gasteiger partial charge in [0.15, 0.2) is 0 Å². The van der Waals surface area contributed by atoms with Gasteiger partial charge in [-0.3, -0.25) is 0 Å². The van der Waals surface area contributed by atoms with E-state index >= 15 is 0 Å². The van der Waals surface area contributed by atoms with E-state index in [1.54, 1.807) is 0 Å². The minimum atomic E-state index is 0.262. The van der Waals surface area contributed by atoms with Crippen LogP contribution in [0.5, 0.6) is 0 Å². The Morgan fingerprint density at radius 1 is 1.38 bits per heavy atom. The summed E-state index contributed by atoms with van der Waals surface area (Å²) in [5.74, 6) is 0.852. The molecule has 0 amide bonds. The van der Waals surface area contributed by atoms with E-state index in [1.807, 2.05) is 0 Å². The van der Waals surface area contributed by atoms with Crippen molar-refractivity contribution in [2.45, 2.75) is 24.7 Å². The normalized spacial score (nSPS) is 15.1. The molecule has 52 valence electrons. The molecule has 0 aliphatic carbocycles. The number of nitrogens with one attached hydrogen (secondary N) is 1. The molecule has 3 heteroatoms. The van der Waals surface area contributed by atoms with E-state index < -0.39 is 0 Å². The minimum absolute atomic E-state index is 0.262. The van der Waals surface area contributed by atoms with Crippen molar-refractivity contribution in [1.82, 2.24) is 1.74 Å². The van der Waals surface area contributed by atoms with Gasteiger partial charge in [-0.2, -0.15) is 0 Å². The molecule has 0 rings (SSSR count). The van der Waals surface area contributed by atoms with E-state index in [4.69, 9.17) is 0 Å². The summed E-state index contributed by atoms with van der Waals surface area (Å²) in [4.78, 5) is 0. The summed E-state index contributed by atoms with van der Waals surface area (Å²) in [7, 11) is 0. The molecule has 1 atom stereocenters. The van der Waals surface area contributed by atoms with Gasteiger partial charge in [0.1, 0.15) is 0 Å². The average molecular weight is 340 g/mol. The molecule has 0 unspecified atom stereocenters. The molecule has 1 nitrogen and oxygen atoms in total. The summed E-state index contributed by atoms with van der Waals surface area (Å²) in [6.07, 6.45) is 0. The summed E-state index contributed by atoms with van der Waals surface area (Å²) in [5, 5.41) is 0. The summed E-state index contributed by atoms with van der Waals surface area (Å²) in [6.45, 7) is 6.86. The van der Waals surface area contributed by atoms with Gasteiger partial charge in [0.25, 0.3) is 0 Å². The Morgan fingerprint density at radius 3 is 2.00 bits per heavy atom. The third-order valence-corrected chi connectivity index (χ3v) is 5.37. The molecular weight excluding hydrogens is 328 g/mol. The number of hydrogen-bond donors (Lipinski definition) is 1. The van der Waals surface area contributed by atoms with Crippen LogP contribution in [0.15, 0.2) is 0 Å². The van der Waals surface area contributed by atoms with Crippen molar-refractivity contribution in [2.75, 3.05) is 0 Å². The van der Waals surface area contributed by atoms with Crippen LogP contribution in [-0.2, 0) is 0 Å². The van der Waals surface area contributed by atoms with Crippen molar-refractivity contribution in [2.24, 2.45) is 5.92 Å². The molecule has 8 heavy (non-hydrogen) atoms. The zero-order valence-electron chi connectivity index (χ0n) is 5.41. The van der Waals surface area contributed by atoms with E-state index in [-0.39, 0.29) is 21.5 Å². The molecule has 0 radical (unpaired) electrons. The topological polar surface area (TPSA) is 12.0 Å². The van der Waals surface area contributed by atoms with Crippen molar-refractivity contribution in [3.8, 4) is 0 Å². The number of alkyl halides is 1. The number of hydrogen-bond acceptors (Lipinski definition) is 1. The van der Waals surface area contributed by atoms with Crippen LogP contribution in [0.25, 0.3) is 0 Å². The molecule has 0 aliphatic heterocycles. The third kappa shape index (κ3) is 4.31. The fraction of sp³-hybridized carbons (Fsp3) is 1.00. The van der Waals surface area contributed by atoms with Crippen molar-refractivity contribution in [3.05, 3.63) is 0 Å². The molecule has 0 fully saturated rings. The monoisotopic (exact) mass is 340 g/mol. The Hall–Kier alpha value is 1.42. The molecule has 0 saturated heterocycles.